The van der Waals surface area contributed by atoms with Crippen molar-refractivity contribution < 1.29 is 4.79 Å². The maximum absolute atomic E-state index is 12.8. The average Bonchev–Trinajstić information content (AvgIpc) is 2.69. The molecule has 0 bridgehead atoms. The molecule has 0 saturated carbocycles. The maximum Gasteiger partial charge on any atom is 0.257 e. The van der Waals surface area contributed by atoms with E-state index in [1.165, 1.54) is 17.0 Å². The van der Waals surface area contributed by atoms with Crippen molar-refractivity contribution in [2.24, 2.45) is 0 Å². The van der Waals surface area contributed by atoms with Gasteiger partial charge in [-0.25, -0.2) is 9.97 Å². The standard InChI is InChI=1S/C19H19N5O2S/c1-12-13(2)22-18(16-10-20-7-8-21-16)24(19(12)26)11-17(25)23-14-5-4-6-15(9-14)27-3/h4-10H,11H2,1-3H3,(H,23,25). The van der Waals surface area contributed by atoms with Crippen LogP contribution >= 0.6 is 11.8 Å². The molecule has 0 radical (unpaired) electrons. The van der Waals surface area contributed by atoms with Crippen LogP contribution in [-0.2, 0) is 11.3 Å². The average molecular weight is 381 g/mol. The summed E-state index contributed by atoms with van der Waals surface area (Å²) in [5, 5.41) is 2.83. The normalized spacial score (nSPS) is 10.6. The molecule has 0 aliphatic carbocycles. The molecule has 3 aromatic rings. The molecule has 0 fully saturated rings. The van der Waals surface area contributed by atoms with Gasteiger partial charge in [0.25, 0.3) is 5.56 Å². The van der Waals surface area contributed by atoms with Crippen molar-refractivity contribution in [2.45, 2.75) is 25.3 Å². The van der Waals surface area contributed by atoms with Crippen LogP contribution in [0.25, 0.3) is 11.5 Å². The molecule has 0 unspecified atom stereocenters. The van der Waals surface area contributed by atoms with Crippen LogP contribution in [0, 0.1) is 13.8 Å². The van der Waals surface area contributed by atoms with Gasteiger partial charge in [0, 0.05) is 34.2 Å². The van der Waals surface area contributed by atoms with E-state index in [1.54, 1.807) is 31.8 Å². The second-order valence-corrected chi connectivity index (χ2v) is 6.79. The van der Waals surface area contributed by atoms with Gasteiger partial charge in [0.15, 0.2) is 5.82 Å². The zero-order valence-electron chi connectivity index (χ0n) is 15.3. The number of carbonyl (C=O) groups excluding carboxylic acids is 1. The molecule has 1 amide bonds. The Morgan fingerprint density at radius 2 is 2.07 bits per heavy atom. The predicted molar refractivity (Wildman–Crippen MR) is 106 cm³/mol. The first-order valence-electron chi connectivity index (χ1n) is 8.28. The van der Waals surface area contributed by atoms with Crippen molar-refractivity contribution in [1.29, 1.82) is 0 Å². The third-order valence-corrected chi connectivity index (χ3v) is 4.81. The summed E-state index contributed by atoms with van der Waals surface area (Å²) in [6.45, 7) is 3.29. The first-order valence-corrected chi connectivity index (χ1v) is 9.50. The van der Waals surface area contributed by atoms with Gasteiger partial charge in [0.1, 0.15) is 12.2 Å². The molecule has 0 atom stereocenters. The molecule has 1 N–H and O–H groups in total. The molecule has 27 heavy (non-hydrogen) atoms. The summed E-state index contributed by atoms with van der Waals surface area (Å²) in [5.74, 6) is 0.00904. The highest BCUT2D eigenvalue weighted by Gasteiger charge is 2.17. The van der Waals surface area contributed by atoms with Crippen LogP contribution in [-0.4, -0.2) is 31.7 Å². The van der Waals surface area contributed by atoms with Crippen LogP contribution in [0.2, 0.25) is 0 Å². The smallest absolute Gasteiger partial charge is 0.257 e. The van der Waals surface area contributed by atoms with Crippen LogP contribution in [0.15, 0.2) is 52.5 Å². The van der Waals surface area contributed by atoms with E-state index in [-0.39, 0.29) is 18.0 Å². The van der Waals surface area contributed by atoms with Gasteiger partial charge in [-0.3, -0.25) is 19.1 Å². The number of nitrogens with zero attached hydrogens (tertiary/aromatic N) is 4. The number of rotatable bonds is 5. The highest BCUT2D eigenvalue weighted by atomic mass is 32.2. The van der Waals surface area contributed by atoms with Crippen LogP contribution in [0.5, 0.6) is 0 Å². The van der Waals surface area contributed by atoms with Crippen LogP contribution < -0.4 is 10.9 Å². The summed E-state index contributed by atoms with van der Waals surface area (Å²) in [4.78, 5) is 39.1. The second-order valence-electron chi connectivity index (χ2n) is 5.91. The number of anilines is 1. The number of hydrogen-bond donors (Lipinski definition) is 1. The molecule has 0 aliphatic rings. The van der Waals surface area contributed by atoms with Gasteiger partial charge in [0.05, 0.1) is 6.20 Å². The first kappa shape index (κ1) is 18.8. The largest absolute Gasteiger partial charge is 0.324 e. The van der Waals surface area contributed by atoms with E-state index in [4.69, 9.17) is 0 Å². The zero-order chi connectivity index (χ0) is 19.4. The lowest BCUT2D eigenvalue weighted by molar-refractivity contribution is -0.116. The summed E-state index contributed by atoms with van der Waals surface area (Å²) < 4.78 is 1.33. The molecule has 0 aliphatic heterocycles. The van der Waals surface area contributed by atoms with E-state index in [2.05, 4.69) is 20.3 Å². The van der Waals surface area contributed by atoms with E-state index < -0.39 is 0 Å². The van der Waals surface area contributed by atoms with Gasteiger partial charge in [-0.1, -0.05) is 6.07 Å². The Hall–Kier alpha value is -3.00. The molecule has 1 aromatic carbocycles. The van der Waals surface area contributed by atoms with Gasteiger partial charge >= 0.3 is 0 Å². The van der Waals surface area contributed by atoms with Crippen LogP contribution in [0.1, 0.15) is 11.3 Å². The number of aryl methyl sites for hydroxylation is 1. The zero-order valence-corrected chi connectivity index (χ0v) is 16.1. The maximum atomic E-state index is 12.8. The summed E-state index contributed by atoms with van der Waals surface area (Å²) in [7, 11) is 0. The van der Waals surface area contributed by atoms with Crippen molar-refractivity contribution in [3.63, 3.8) is 0 Å². The minimum absolute atomic E-state index is 0.164. The molecular formula is C19H19N5O2S. The van der Waals surface area contributed by atoms with Gasteiger partial charge in [-0.15, -0.1) is 11.8 Å². The molecule has 138 valence electrons. The molecule has 2 heterocycles. The highest BCUT2D eigenvalue weighted by molar-refractivity contribution is 7.98. The van der Waals surface area contributed by atoms with Crippen LogP contribution in [0.3, 0.4) is 0 Å². The van der Waals surface area contributed by atoms with Crippen molar-refractivity contribution in [3.05, 3.63) is 64.5 Å². The Labute approximate surface area is 160 Å². The van der Waals surface area contributed by atoms with E-state index >= 15 is 0 Å². The van der Waals surface area contributed by atoms with E-state index in [1.807, 2.05) is 30.5 Å². The third-order valence-electron chi connectivity index (χ3n) is 4.09. The minimum Gasteiger partial charge on any atom is -0.324 e. The fraction of sp³-hybridized carbons (Fsp3) is 0.211. The fourth-order valence-corrected chi connectivity index (χ4v) is 3.02. The Kier molecular flexibility index (Phi) is 5.66. The topological polar surface area (TPSA) is 89.8 Å². The predicted octanol–water partition coefficient (Wildman–Crippen LogP) is 2.68. The molecule has 3 rings (SSSR count). The van der Waals surface area contributed by atoms with Crippen molar-refractivity contribution in [2.75, 3.05) is 11.6 Å². The molecule has 0 spiro atoms. The van der Waals surface area contributed by atoms with Crippen LogP contribution in [0.4, 0.5) is 5.69 Å². The number of benzene rings is 1. The first-order chi connectivity index (χ1) is 13.0. The summed E-state index contributed by atoms with van der Waals surface area (Å²) >= 11 is 1.59. The van der Waals surface area contributed by atoms with Crippen molar-refractivity contribution >= 4 is 23.4 Å². The van der Waals surface area contributed by atoms with E-state index in [0.29, 0.717) is 28.5 Å². The Balaban J connectivity index is 1.95. The highest BCUT2D eigenvalue weighted by Crippen LogP contribution is 2.19. The molecular weight excluding hydrogens is 362 g/mol. The molecule has 7 nitrogen and oxygen atoms in total. The summed E-state index contributed by atoms with van der Waals surface area (Å²) in [6.07, 6.45) is 6.55. The number of nitrogens with one attached hydrogen (secondary N) is 1. The minimum atomic E-state index is -0.314. The molecule has 8 heteroatoms. The Morgan fingerprint density at radius 3 is 2.78 bits per heavy atom. The lowest BCUT2D eigenvalue weighted by Crippen LogP contribution is -2.32. The summed E-state index contributed by atoms with van der Waals surface area (Å²) in [6, 6.07) is 7.52. The number of amides is 1. The molecule has 0 saturated heterocycles. The van der Waals surface area contributed by atoms with Crippen molar-refractivity contribution in [1.82, 2.24) is 19.5 Å². The number of carbonyl (C=O) groups is 1. The molecule has 2 aromatic heterocycles. The van der Waals surface area contributed by atoms with Gasteiger partial charge in [-0.05, 0) is 38.3 Å². The lowest BCUT2D eigenvalue weighted by Gasteiger charge is -2.14. The quantitative estimate of drug-likeness (QED) is 0.684. The number of hydrogen-bond acceptors (Lipinski definition) is 6. The van der Waals surface area contributed by atoms with E-state index in [9.17, 15) is 9.59 Å². The lowest BCUT2D eigenvalue weighted by atomic mass is 10.2. The monoisotopic (exact) mass is 381 g/mol. The van der Waals surface area contributed by atoms with Gasteiger partial charge in [0.2, 0.25) is 5.91 Å². The second kappa shape index (κ2) is 8.13. The fourth-order valence-electron chi connectivity index (χ4n) is 2.56. The number of thioether (sulfide) groups is 1. The number of aromatic nitrogens is 4. The van der Waals surface area contributed by atoms with Gasteiger partial charge < -0.3 is 5.32 Å². The van der Waals surface area contributed by atoms with E-state index in [0.717, 1.165) is 4.90 Å². The van der Waals surface area contributed by atoms with Gasteiger partial charge in [-0.2, -0.15) is 0 Å². The Morgan fingerprint density at radius 1 is 1.26 bits per heavy atom. The summed E-state index contributed by atoms with van der Waals surface area (Å²) in [5.41, 5.74) is 1.95. The SMILES string of the molecule is CSc1cccc(NC(=O)Cn2c(-c3cnccn3)nc(C)c(C)c2=O)c1. The third kappa shape index (κ3) is 4.22. The Bertz CT molecular complexity index is 1030. The van der Waals surface area contributed by atoms with Crippen molar-refractivity contribution in [3.8, 4) is 11.5 Å².